The molecule has 1 aromatic rings. The van der Waals surface area contributed by atoms with Crippen LogP contribution in [-0.4, -0.2) is 56.6 Å². The van der Waals surface area contributed by atoms with Gasteiger partial charge < -0.3 is 4.74 Å². The summed E-state index contributed by atoms with van der Waals surface area (Å²) in [6.45, 7) is 3.97. The Hall–Kier alpha value is -1.55. The first kappa shape index (κ1) is 17.3. The van der Waals surface area contributed by atoms with Crippen LogP contribution in [0.1, 0.15) is 18.4 Å². The molecule has 2 atom stereocenters. The van der Waals surface area contributed by atoms with Crippen molar-refractivity contribution in [1.29, 1.82) is 0 Å². The molecule has 0 saturated carbocycles. The van der Waals surface area contributed by atoms with Crippen molar-refractivity contribution in [2.45, 2.75) is 36.8 Å². The first-order chi connectivity index (χ1) is 11.4. The van der Waals surface area contributed by atoms with Gasteiger partial charge in [0.1, 0.15) is 0 Å². The van der Waals surface area contributed by atoms with E-state index in [0.29, 0.717) is 19.2 Å². The number of nitro benzene ring substituents is 1. The van der Waals surface area contributed by atoms with Crippen molar-refractivity contribution in [3.8, 4) is 0 Å². The lowest BCUT2D eigenvalue weighted by molar-refractivity contribution is -0.385. The molecule has 0 aliphatic carbocycles. The van der Waals surface area contributed by atoms with Crippen molar-refractivity contribution in [2.75, 3.05) is 26.2 Å². The number of benzene rings is 1. The summed E-state index contributed by atoms with van der Waals surface area (Å²) in [6, 6.07) is 4.51. The van der Waals surface area contributed by atoms with Crippen molar-refractivity contribution in [3.63, 3.8) is 0 Å². The smallest absolute Gasteiger partial charge is 0.273 e. The zero-order valence-electron chi connectivity index (χ0n) is 13.5. The number of ether oxygens (including phenoxy) is 1. The molecule has 0 unspecified atom stereocenters. The van der Waals surface area contributed by atoms with Gasteiger partial charge in [0, 0.05) is 30.8 Å². The number of nitrogens with one attached hydrogen (secondary N) is 1. The summed E-state index contributed by atoms with van der Waals surface area (Å²) in [5.74, 6) is 0. The Bertz CT molecular complexity index is 737. The van der Waals surface area contributed by atoms with Gasteiger partial charge >= 0.3 is 0 Å². The first-order valence-corrected chi connectivity index (χ1v) is 9.46. The van der Waals surface area contributed by atoms with Crippen molar-refractivity contribution in [3.05, 3.63) is 33.9 Å². The van der Waals surface area contributed by atoms with Crippen LogP contribution in [0.15, 0.2) is 23.1 Å². The number of rotatable bonds is 5. The van der Waals surface area contributed by atoms with Gasteiger partial charge in [0.05, 0.1) is 22.5 Å². The zero-order valence-corrected chi connectivity index (χ0v) is 14.3. The number of fused-ring (bicyclic) bond motifs is 1. The average molecular weight is 355 g/mol. The second kappa shape index (κ2) is 6.75. The molecule has 0 spiro atoms. The highest BCUT2D eigenvalue weighted by Crippen LogP contribution is 2.25. The number of hydrogen-bond donors (Lipinski definition) is 1. The summed E-state index contributed by atoms with van der Waals surface area (Å²) in [4.78, 5) is 12.7. The van der Waals surface area contributed by atoms with Gasteiger partial charge in [-0.25, -0.2) is 13.1 Å². The highest BCUT2D eigenvalue weighted by Gasteiger charge is 2.33. The third-order valence-corrected chi connectivity index (χ3v) is 6.27. The topological polar surface area (TPSA) is 102 Å². The van der Waals surface area contributed by atoms with Gasteiger partial charge in [-0.3, -0.25) is 15.0 Å². The maximum absolute atomic E-state index is 12.5. The van der Waals surface area contributed by atoms with E-state index in [4.69, 9.17) is 4.74 Å². The van der Waals surface area contributed by atoms with E-state index in [9.17, 15) is 18.5 Å². The monoisotopic (exact) mass is 355 g/mol. The summed E-state index contributed by atoms with van der Waals surface area (Å²) in [5.41, 5.74) is -0.0640. The zero-order chi connectivity index (χ0) is 17.3. The average Bonchev–Trinajstić information content (AvgIpc) is 3.00. The lowest BCUT2D eigenvalue weighted by atomic mass is 10.2. The highest BCUT2D eigenvalue weighted by molar-refractivity contribution is 7.89. The molecule has 2 aliphatic rings. The Morgan fingerprint density at radius 3 is 3.00 bits per heavy atom. The molecule has 2 fully saturated rings. The van der Waals surface area contributed by atoms with Crippen molar-refractivity contribution >= 4 is 15.7 Å². The Morgan fingerprint density at radius 2 is 2.25 bits per heavy atom. The summed E-state index contributed by atoms with van der Waals surface area (Å²) in [5, 5.41) is 11.0. The van der Waals surface area contributed by atoms with Gasteiger partial charge in [-0.1, -0.05) is 6.07 Å². The van der Waals surface area contributed by atoms with E-state index >= 15 is 0 Å². The Kier molecular flexibility index (Phi) is 4.86. The second-order valence-electron chi connectivity index (χ2n) is 6.26. The minimum absolute atomic E-state index is 0.0634. The SMILES string of the molecule is Cc1c([N+](=O)[O-])cccc1S(=O)(=O)NC[C@@H]1CN2CCC[C@@H]2CO1. The van der Waals surface area contributed by atoms with Crippen LogP contribution in [0.3, 0.4) is 0 Å². The lowest BCUT2D eigenvalue weighted by Crippen LogP contribution is -2.50. The maximum Gasteiger partial charge on any atom is 0.273 e. The molecule has 3 rings (SSSR count). The number of morpholine rings is 1. The van der Waals surface area contributed by atoms with E-state index in [1.807, 2.05) is 0 Å². The lowest BCUT2D eigenvalue weighted by Gasteiger charge is -2.35. The molecule has 2 heterocycles. The molecule has 24 heavy (non-hydrogen) atoms. The van der Waals surface area contributed by atoms with E-state index in [1.54, 1.807) is 0 Å². The van der Waals surface area contributed by atoms with Gasteiger partial charge in [0.15, 0.2) is 0 Å². The fourth-order valence-electron chi connectivity index (χ4n) is 3.38. The van der Waals surface area contributed by atoms with Crippen molar-refractivity contribution < 1.29 is 18.1 Å². The van der Waals surface area contributed by atoms with Crippen LogP contribution in [0, 0.1) is 17.0 Å². The van der Waals surface area contributed by atoms with Crippen LogP contribution in [0.5, 0.6) is 0 Å². The number of nitro groups is 1. The minimum Gasteiger partial charge on any atom is -0.374 e. The van der Waals surface area contributed by atoms with E-state index in [1.165, 1.54) is 25.1 Å². The molecule has 0 aromatic heterocycles. The molecule has 0 bridgehead atoms. The summed E-state index contributed by atoms with van der Waals surface area (Å²) in [7, 11) is -3.82. The van der Waals surface area contributed by atoms with E-state index < -0.39 is 14.9 Å². The van der Waals surface area contributed by atoms with Crippen LogP contribution in [0.2, 0.25) is 0 Å². The van der Waals surface area contributed by atoms with E-state index in [2.05, 4.69) is 9.62 Å². The summed E-state index contributed by atoms with van der Waals surface area (Å²) < 4.78 is 33.3. The predicted molar refractivity (Wildman–Crippen MR) is 87.4 cm³/mol. The molecule has 0 radical (unpaired) electrons. The normalized spacial score (nSPS) is 24.7. The summed E-state index contributed by atoms with van der Waals surface area (Å²) >= 11 is 0. The fraction of sp³-hybridized carbons (Fsp3) is 0.600. The van der Waals surface area contributed by atoms with Crippen LogP contribution >= 0.6 is 0 Å². The Labute approximate surface area is 141 Å². The molecule has 132 valence electrons. The third-order valence-electron chi connectivity index (χ3n) is 4.70. The highest BCUT2D eigenvalue weighted by atomic mass is 32.2. The molecule has 9 heteroatoms. The quantitative estimate of drug-likeness (QED) is 0.626. The van der Waals surface area contributed by atoms with Crippen molar-refractivity contribution in [2.24, 2.45) is 0 Å². The second-order valence-corrected chi connectivity index (χ2v) is 7.99. The number of hydrogen-bond acceptors (Lipinski definition) is 6. The first-order valence-electron chi connectivity index (χ1n) is 7.98. The molecular weight excluding hydrogens is 334 g/mol. The van der Waals surface area contributed by atoms with E-state index in [0.717, 1.165) is 19.4 Å². The molecule has 0 amide bonds. The standard InChI is InChI=1S/C15H21N3O5S/c1-11-14(18(19)20)5-2-6-15(11)24(21,22)16-8-13-9-17-7-3-4-12(17)10-23-13/h2,5-6,12-13,16H,3-4,7-10H2,1H3/t12-,13-/m1/s1. The largest absolute Gasteiger partial charge is 0.374 e. The number of sulfonamides is 1. The maximum atomic E-state index is 12.5. The molecule has 1 N–H and O–H groups in total. The molecule has 1 aromatic carbocycles. The molecule has 2 aliphatic heterocycles. The fourth-order valence-corrected chi connectivity index (χ4v) is 4.71. The van der Waals surface area contributed by atoms with Crippen LogP contribution in [-0.2, 0) is 14.8 Å². The van der Waals surface area contributed by atoms with Crippen LogP contribution in [0.25, 0.3) is 0 Å². The van der Waals surface area contributed by atoms with Gasteiger partial charge in [0.2, 0.25) is 10.0 Å². The predicted octanol–water partition coefficient (Wildman–Crippen LogP) is 1.04. The summed E-state index contributed by atoms with van der Waals surface area (Å²) in [6.07, 6.45) is 2.08. The van der Waals surface area contributed by atoms with Gasteiger partial charge in [-0.05, 0) is 32.4 Å². The molecular formula is C15H21N3O5S. The minimum atomic E-state index is -3.82. The van der Waals surface area contributed by atoms with Gasteiger partial charge in [-0.2, -0.15) is 0 Å². The number of nitrogens with zero attached hydrogens (tertiary/aromatic N) is 2. The molecule has 2 saturated heterocycles. The van der Waals surface area contributed by atoms with Crippen molar-refractivity contribution in [1.82, 2.24) is 9.62 Å². The third kappa shape index (κ3) is 3.44. The van der Waals surface area contributed by atoms with Gasteiger partial charge in [0.25, 0.3) is 5.69 Å². The van der Waals surface area contributed by atoms with E-state index in [-0.39, 0.29) is 28.8 Å². The van der Waals surface area contributed by atoms with Crippen LogP contribution < -0.4 is 4.72 Å². The van der Waals surface area contributed by atoms with Gasteiger partial charge in [-0.15, -0.1) is 0 Å². The Morgan fingerprint density at radius 1 is 1.46 bits per heavy atom. The van der Waals surface area contributed by atoms with Crippen LogP contribution in [0.4, 0.5) is 5.69 Å². The Balaban J connectivity index is 1.68. The molecule has 8 nitrogen and oxygen atoms in total.